The summed E-state index contributed by atoms with van der Waals surface area (Å²) in [5.41, 5.74) is 2.85. The minimum absolute atomic E-state index is 0.168. The Morgan fingerprint density at radius 1 is 1.16 bits per heavy atom. The number of aromatic amines is 1. The normalized spacial score (nSPS) is 15.1. The standard InChI is InChI=1S/C15H17N3O/c19-15(17-12-4-2-1-3-5-12)18-13-7-6-11-8-9-16-14(11)10-13/h4,6-10,16H,1-3,5H2,(H2,17,18,19). The van der Waals surface area contributed by atoms with Crippen LogP contribution in [0.2, 0.25) is 0 Å². The van der Waals surface area contributed by atoms with E-state index >= 15 is 0 Å². The summed E-state index contributed by atoms with van der Waals surface area (Å²) in [6.45, 7) is 0. The number of benzene rings is 1. The van der Waals surface area contributed by atoms with Gasteiger partial charge >= 0.3 is 6.03 Å². The topological polar surface area (TPSA) is 56.9 Å². The van der Waals surface area contributed by atoms with E-state index < -0.39 is 0 Å². The second kappa shape index (κ2) is 5.18. The van der Waals surface area contributed by atoms with E-state index in [1.165, 1.54) is 6.42 Å². The number of fused-ring (bicyclic) bond motifs is 1. The molecule has 98 valence electrons. The molecule has 0 radical (unpaired) electrons. The predicted octanol–water partition coefficient (Wildman–Crippen LogP) is 3.75. The van der Waals surface area contributed by atoms with Crippen LogP contribution in [0.3, 0.4) is 0 Å². The lowest BCUT2D eigenvalue weighted by Gasteiger charge is -2.14. The highest BCUT2D eigenvalue weighted by atomic mass is 16.2. The Hall–Kier alpha value is -2.23. The highest BCUT2D eigenvalue weighted by Gasteiger charge is 2.08. The van der Waals surface area contributed by atoms with Gasteiger partial charge in [-0.15, -0.1) is 0 Å². The Morgan fingerprint density at radius 2 is 2.11 bits per heavy atom. The summed E-state index contributed by atoms with van der Waals surface area (Å²) in [6.07, 6.45) is 8.39. The number of allylic oxidation sites excluding steroid dienone is 2. The number of hydrogen-bond acceptors (Lipinski definition) is 1. The van der Waals surface area contributed by atoms with Crippen molar-refractivity contribution in [2.45, 2.75) is 25.7 Å². The number of amides is 2. The van der Waals surface area contributed by atoms with Crippen LogP contribution in [0.1, 0.15) is 25.7 Å². The molecule has 0 saturated carbocycles. The van der Waals surface area contributed by atoms with Crippen LogP contribution in [-0.4, -0.2) is 11.0 Å². The molecule has 0 aliphatic heterocycles. The maximum absolute atomic E-state index is 11.9. The Labute approximate surface area is 111 Å². The van der Waals surface area contributed by atoms with Crippen LogP contribution >= 0.6 is 0 Å². The molecule has 0 unspecified atom stereocenters. The Bertz CT molecular complexity index is 627. The van der Waals surface area contributed by atoms with Crippen LogP contribution in [0.15, 0.2) is 42.2 Å². The van der Waals surface area contributed by atoms with Gasteiger partial charge < -0.3 is 15.6 Å². The molecule has 1 aromatic heterocycles. The number of nitrogens with one attached hydrogen (secondary N) is 3. The van der Waals surface area contributed by atoms with Crippen molar-refractivity contribution in [3.8, 4) is 0 Å². The number of aromatic nitrogens is 1. The average Bonchev–Trinajstić information content (AvgIpc) is 2.87. The number of anilines is 1. The third-order valence-corrected chi connectivity index (χ3v) is 3.38. The van der Waals surface area contributed by atoms with Gasteiger partial charge in [-0.25, -0.2) is 4.79 Å². The van der Waals surface area contributed by atoms with Crippen LogP contribution in [0.25, 0.3) is 10.9 Å². The zero-order chi connectivity index (χ0) is 13.1. The summed E-state index contributed by atoms with van der Waals surface area (Å²) >= 11 is 0. The lowest BCUT2D eigenvalue weighted by molar-refractivity contribution is 0.254. The Morgan fingerprint density at radius 3 is 2.95 bits per heavy atom. The fourth-order valence-corrected chi connectivity index (χ4v) is 2.39. The molecule has 4 nitrogen and oxygen atoms in total. The molecule has 1 aliphatic carbocycles. The highest BCUT2D eigenvalue weighted by molar-refractivity contribution is 5.93. The summed E-state index contributed by atoms with van der Waals surface area (Å²) < 4.78 is 0. The van der Waals surface area contributed by atoms with E-state index in [0.29, 0.717) is 0 Å². The number of urea groups is 1. The van der Waals surface area contributed by atoms with Gasteiger partial charge in [0.05, 0.1) is 0 Å². The zero-order valence-corrected chi connectivity index (χ0v) is 10.7. The van der Waals surface area contributed by atoms with Crippen molar-refractivity contribution in [3.05, 3.63) is 42.2 Å². The monoisotopic (exact) mass is 255 g/mol. The van der Waals surface area contributed by atoms with E-state index in [-0.39, 0.29) is 6.03 Å². The molecule has 0 spiro atoms. The predicted molar refractivity (Wildman–Crippen MR) is 77.0 cm³/mol. The molecular weight excluding hydrogens is 238 g/mol. The molecule has 3 rings (SSSR count). The minimum Gasteiger partial charge on any atom is -0.361 e. The summed E-state index contributed by atoms with van der Waals surface area (Å²) in [7, 11) is 0. The van der Waals surface area contributed by atoms with Crippen LogP contribution in [0, 0.1) is 0 Å². The second-order valence-corrected chi connectivity index (χ2v) is 4.83. The van der Waals surface area contributed by atoms with Gasteiger partial charge in [0, 0.05) is 23.1 Å². The minimum atomic E-state index is -0.168. The SMILES string of the molecule is O=C(NC1=CCCCC1)Nc1ccc2cc[nH]c2c1. The largest absolute Gasteiger partial charge is 0.361 e. The summed E-state index contributed by atoms with van der Waals surface area (Å²) in [5, 5.41) is 6.91. The van der Waals surface area contributed by atoms with E-state index in [9.17, 15) is 4.79 Å². The van der Waals surface area contributed by atoms with Gasteiger partial charge in [0.2, 0.25) is 0 Å². The van der Waals surface area contributed by atoms with E-state index in [0.717, 1.165) is 41.5 Å². The molecule has 0 bridgehead atoms. The average molecular weight is 255 g/mol. The molecule has 0 atom stereocenters. The van der Waals surface area contributed by atoms with Crippen molar-refractivity contribution in [2.75, 3.05) is 5.32 Å². The fraction of sp³-hybridized carbons (Fsp3) is 0.267. The molecule has 0 fully saturated rings. The lowest BCUT2D eigenvalue weighted by Crippen LogP contribution is -2.28. The van der Waals surface area contributed by atoms with Crippen molar-refractivity contribution in [1.82, 2.24) is 10.3 Å². The van der Waals surface area contributed by atoms with Crippen LogP contribution in [0.4, 0.5) is 10.5 Å². The van der Waals surface area contributed by atoms with Crippen molar-refractivity contribution < 1.29 is 4.79 Å². The van der Waals surface area contributed by atoms with E-state index in [4.69, 9.17) is 0 Å². The second-order valence-electron chi connectivity index (χ2n) is 4.83. The highest BCUT2D eigenvalue weighted by Crippen LogP contribution is 2.18. The van der Waals surface area contributed by atoms with Gasteiger partial charge in [-0.05, 0) is 49.3 Å². The van der Waals surface area contributed by atoms with Crippen LogP contribution in [-0.2, 0) is 0 Å². The van der Waals surface area contributed by atoms with E-state index in [1.807, 2.05) is 30.5 Å². The molecule has 3 N–H and O–H groups in total. The molecule has 4 heteroatoms. The van der Waals surface area contributed by atoms with Crippen LogP contribution in [0.5, 0.6) is 0 Å². The number of carbonyl (C=O) groups excluding carboxylic acids is 1. The number of carbonyl (C=O) groups is 1. The Kier molecular flexibility index (Phi) is 3.23. The molecule has 19 heavy (non-hydrogen) atoms. The van der Waals surface area contributed by atoms with Gasteiger partial charge in [-0.3, -0.25) is 0 Å². The summed E-state index contributed by atoms with van der Waals surface area (Å²) in [5.74, 6) is 0. The van der Waals surface area contributed by atoms with Gasteiger partial charge in [0.1, 0.15) is 0 Å². The molecule has 2 aromatic rings. The molecule has 2 amide bonds. The maximum atomic E-state index is 11.9. The zero-order valence-electron chi connectivity index (χ0n) is 10.7. The molecule has 1 aliphatic rings. The first-order chi connectivity index (χ1) is 9.31. The molecule has 0 saturated heterocycles. The van der Waals surface area contributed by atoms with Gasteiger partial charge in [0.15, 0.2) is 0 Å². The number of H-pyrrole nitrogens is 1. The first-order valence-corrected chi connectivity index (χ1v) is 6.65. The molecular formula is C15H17N3O. The van der Waals surface area contributed by atoms with E-state index in [2.05, 4.69) is 21.7 Å². The third kappa shape index (κ3) is 2.78. The smallest absolute Gasteiger partial charge is 0.323 e. The maximum Gasteiger partial charge on any atom is 0.323 e. The number of rotatable bonds is 2. The Balaban J connectivity index is 1.66. The van der Waals surface area contributed by atoms with Crippen molar-refractivity contribution in [1.29, 1.82) is 0 Å². The van der Waals surface area contributed by atoms with Crippen LogP contribution < -0.4 is 10.6 Å². The van der Waals surface area contributed by atoms with Gasteiger partial charge in [-0.2, -0.15) is 0 Å². The lowest BCUT2D eigenvalue weighted by atomic mass is 10.1. The van der Waals surface area contributed by atoms with Crippen molar-refractivity contribution >= 4 is 22.6 Å². The first-order valence-electron chi connectivity index (χ1n) is 6.65. The van der Waals surface area contributed by atoms with Crippen molar-refractivity contribution in [2.24, 2.45) is 0 Å². The quantitative estimate of drug-likeness (QED) is 0.752. The summed E-state index contributed by atoms with van der Waals surface area (Å²) in [4.78, 5) is 15.0. The molecule has 1 heterocycles. The van der Waals surface area contributed by atoms with Gasteiger partial charge in [-0.1, -0.05) is 12.1 Å². The van der Waals surface area contributed by atoms with Crippen molar-refractivity contribution in [3.63, 3.8) is 0 Å². The third-order valence-electron chi connectivity index (χ3n) is 3.38. The van der Waals surface area contributed by atoms with Gasteiger partial charge in [0.25, 0.3) is 0 Å². The summed E-state index contributed by atoms with van der Waals surface area (Å²) in [6, 6.07) is 7.67. The first kappa shape index (κ1) is 11.8. The van der Waals surface area contributed by atoms with E-state index in [1.54, 1.807) is 0 Å². The number of hydrogen-bond donors (Lipinski definition) is 3. The fourth-order valence-electron chi connectivity index (χ4n) is 2.39. The molecule has 1 aromatic carbocycles.